The molecule has 148 valence electrons. The zero-order chi connectivity index (χ0) is 20.9. The zero-order valence-electron chi connectivity index (χ0n) is 14.0. The molecule has 4 N–H and O–H groups in total. The Bertz CT molecular complexity index is 630. The maximum Gasteiger partial charge on any atom is 0.578 e. The van der Waals surface area contributed by atoms with E-state index in [9.17, 15) is 30.9 Å². The summed E-state index contributed by atoms with van der Waals surface area (Å²) in [6.07, 6.45) is -4.95. The van der Waals surface area contributed by atoms with Crippen LogP contribution >= 0.6 is 11.6 Å². The van der Waals surface area contributed by atoms with Crippen LogP contribution in [0.1, 0.15) is 26.7 Å². The molecule has 0 saturated carbocycles. The van der Waals surface area contributed by atoms with Crippen molar-refractivity contribution in [1.82, 2.24) is 5.32 Å². The Balaban J connectivity index is 6.02. The molecule has 13 heteroatoms. The van der Waals surface area contributed by atoms with E-state index in [1.165, 1.54) is 6.92 Å². The molecule has 0 aliphatic carbocycles. The van der Waals surface area contributed by atoms with Gasteiger partial charge < -0.3 is 21.0 Å². The predicted octanol–water partition coefficient (Wildman–Crippen LogP) is 3.34. The van der Waals surface area contributed by atoms with Crippen LogP contribution in [0, 0.1) is 5.41 Å². The Labute approximate surface area is 155 Å². The fourth-order valence-corrected chi connectivity index (χ4v) is 2.65. The van der Waals surface area contributed by atoms with E-state index in [-0.39, 0.29) is 5.70 Å². The number of rotatable bonds is 7. The number of hydrogen-bond acceptors (Lipinski definition) is 4. The summed E-state index contributed by atoms with van der Waals surface area (Å²) < 4.78 is 86.6. The van der Waals surface area contributed by atoms with Gasteiger partial charge in [-0.1, -0.05) is 24.6 Å². The monoisotopic (exact) mass is 423 g/mol. The van der Waals surface area contributed by atoms with Crippen molar-refractivity contribution in [3.8, 4) is 0 Å². The fraction of sp³-hybridized carbons (Fsp3) is 0.462. The molecule has 0 spiro atoms. The molecule has 26 heavy (non-hydrogen) atoms. The number of nitrogens with two attached hydrogens (primary N) is 1. The van der Waals surface area contributed by atoms with Crippen LogP contribution in [0.2, 0.25) is 0 Å². The molecule has 0 aliphatic rings. The average molecular weight is 424 g/mol. The summed E-state index contributed by atoms with van der Waals surface area (Å²) in [5, 5.41) is 9.24. The predicted molar refractivity (Wildman–Crippen MR) is 92.4 cm³/mol. The van der Waals surface area contributed by atoms with Gasteiger partial charge in [-0.15, -0.1) is 13.2 Å². The van der Waals surface area contributed by atoms with Crippen molar-refractivity contribution in [2.24, 2.45) is 5.73 Å². The molecule has 0 aromatic carbocycles. The van der Waals surface area contributed by atoms with Crippen molar-refractivity contribution in [2.75, 3.05) is 0 Å². The van der Waals surface area contributed by atoms with Crippen LogP contribution < -0.4 is 11.1 Å². The first-order valence-electron chi connectivity index (χ1n) is 7.05. The Morgan fingerprint density at radius 3 is 2.15 bits per heavy atom. The smallest absolute Gasteiger partial charge is 0.578 e. The molecule has 0 bridgehead atoms. The lowest BCUT2D eigenvalue weighted by molar-refractivity contribution is -0.125. The molecule has 0 heterocycles. The van der Waals surface area contributed by atoms with E-state index in [1.807, 2.05) is 0 Å². The van der Waals surface area contributed by atoms with Crippen LogP contribution in [-0.4, -0.2) is 29.7 Å². The molecule has 0 radical (unpaired) electrons. The van der Waals surface area contributed by atoms with Gasteiger partial charge in [-0.3, -0.25) is 0 Å². The van der Waals surface area contributed by atoms with Crippen LogP contribution in [0.25, 0.3) is 0 Å². The molecule has 0 aromatic heterocycles. The minimum Gasteiger partial charge on any atom is -0.604 e. The third kappa shape index (κ3) is 7.96. The summed E-state index contributed by atoms with van der Waals surface area (Å²) in [5.41, 5.74) is -0.0999. The Kier molecular flexibility index (Phi) is 9.14. The summed E-state index contributed by atoms with van der Waals surface area (Å²) in [7, 11) is 0.949. The van der Waals surface area contributed by atoms with Crippen molar-refractivity contribution in [2.45, 2.75) is 38.4 Å². The highest BCUT2D eigenvalue weighted by Gasteiger charge is 2.49. The van der Waals surface area contributed by atoms with Gasteiger partial charge in [0.1, 0.15) is 11.2 Å². The lowest BCUT2D eigenvalue weighted by Crippen LogP contribution is -2.34. The molecule has 0 saturated heterocycles. The van der Waals surface area contributed by atoms with Gasteiger partial charge in [0.15, 0.2) is 13.7 Å². The summed E-state index contributed by atoms with van der Waals surface area (Å²) in [4.78, 5) is -1.03. The fourth-order valence-electron chi connectivity index (χ4n) is 1.60. The van der Waals surface area contributed by atoms with Gasteiger partial charge in [0.05, 0.1) is 17.2 Å². The molecule has 0 rings (SSSR count). The van der Waals surface area contributed by atoms with E-state index < -0.39 is 50.7 Å². The topological polar surface area (TPSA) is 85.0 Å². The molecular weight excluding hydrogens is 406 g/mol. The second-order valence-corrected chi connectivity index (χ2v) is 6.90. The van der Waals surface area contributed by atoms with Crippen molar-refractivity contribution in [3.05, 3.63) is 33.1 Å². The van der Waals surface area contributed by atoms with Gasteiger partial charge in [-0.25, -0.2) is 0 Å². The van der Waals surface area contributed by atoms with E-state index in [0.29, 0.717) is 18.1 Å². The van der Waals surface area contributed by atoms with Gasteiger partial charge >= 0.3 is 11.7 Å². The van der Waals surface area contributed by atoms with E-state index in [4.69, 9.17) is 22.7 Å². The average Bonchev–Trinajstić information content (AvgIpc) is 2.47. The molecule has 1 unspecified atom stereocenters. The lowest BCUT2D eigenvalue weighted by atomic mass is 10.0. The summed E-state index contributed by atoms with van der Waals surface area (Å²) in [6.45, 7) is 3.12. The highest BCUT2D eigenvalue weighted by atomic mass is 35.5. The third-order valence-electron chi connectivity index (χ3n) is 2.95. The zero-order valence-corrected chi connectivity index (χ0v) is 15.6. The highest BCUT2D eigenvalue weighted by molar-refractivity contribution is 7.97. The van der Waals surface area contributed by atoms with E-state index in [0.717, 1.165) is 7.85 Å². The van der Waals surface area contributed by atoms with E-state index >= 15 is 0 Å². The molecular formula is C13H17BClF6N3OS. The normalized spacial score (nSPS) is 16.6. The number of halogens is 7. The van der Waals surface area contributed by atoms with Gasteiger partial charge in [-0.05, 0) is 18.9 Å². The van der Waals surface area contributed by atoms with Crippen molar-refractivity contribution in [3.63, 3.8) is 0 Å². The van der Waals surface area contributed by atoms with Gasteiger partial charge in [0, 0.05) is 5.61 Å². The van der Waals surface area contributed by atoms with Crippen LogP contribution in [0.3, 0.4) is 0 Å². The molecule has 0 aromatic rings. The van der Waals surface area contributed by atoms with Gasteiger partial charge in [0.2, 0.25) is 4.91 Å². The quantitative estimate of drug-likeness (QED) is 0.193. The number of allylic oxidation sites excluding steroid dienone is 4. The molecule has 1 atom stereocenters. The summed E-state index contributed by atoms with van der Waals surface area (Å²) in [5.74, 6) is -0.783. The minimum absolute atomic E-state index is 0.145. The van der Waals surface area contributed by atoms with Crippen molar-refractivity contribution >= 4 is 36.2 Å². The molecule has 4 nitrogen and oxygen atoms in total. The Hall–Kier alpha value is -1.27. The minimum atomic E-state index is -5.16. The second-order valence-electron chi connectivity index (χ2n) is 5.09. The van der Waals surface area contributed by atoms with Gasteiger partial charge in [-0.2, -0.15) is 13.2 Å². The molecule has 0 amide bonds. The number of alkyl halides is 6. The Morgan fingerprint density at radius 2 is 1.81 bits per heavy atom. The standard InChI is InChI=1S/C13H17BClF6N3OS/c1-3-6(2)8(7(15)4-5-12(16,17)18)24-11(23)9(10(14)22)26(25)13(19,20)21/h4,22,24H,3,5,14,23H2,1-2H3/b7-4+,8-6+,11-9+,22-10?. The highest BCUT2D eigenvalue weighted by Crippen LogP contribution is 2.31. The molecule has 0 aliphatic heterocycles. The Morgan fingerprint density at radius 1 is 1.31 bits per heavy atom. The number of hydrogen-bond donors (Lipinski definition) is 3. The first-order chi connectivity index (χ1) is 11.6. The summed E-state index contributed by atoms with van der Waals surface area (Å²) >= 11 is 2.24. The van der Waals surface area contributed by atoms with E-state index in [2.05, 4.69) is 5.32 Å². The maximum absolute atomic E-state index is 12.7. The first-order valence-corrected chi connectivity index (χ1v) is 8.58. The maximum atomic E-state index is 12.7. The van der Waals surface area contributed by atoms with Gasteiger partial charge in [0.25, 0.3) is 0 Å². The first kappa shape index (κ1) is 24.7. The van der Waals surface area contributed by atoms with Crippen LogP contribution in [0.15, 0.2) is 33.1 Å². The second kappa shape index (κ2) is 9.61. The number of nitrogens with one attached hydrogen (secondary N) is 2. The van der Waals surface area contributed by atoms with Crippen LogP contribution in [0.5, 0.6) is 0 Å². The van der Waals surface area contributed by atoms with Crippen molar-refractivity contribution < 1.29 is 30.9 Å². The lowest BCUT2D eigenvalue weighted by Gasteiger charge is -2.19. The third-order valence-corrected chi connectivity index (χ3v) is 4.61. The van der Waals surface area contributed by atoms with Crippen LogP contribution in [-0.2, 0) is 11.2 Å². The van der Waals surface area contributed by atoms with E-state index in [1.54, 1.807) is 6.92 Å². The SMILES string of the molecule is BC(=N)/C(=C(/N)NC(/C(Cl)=C\CC(F)(F)F)=C(\C)CC)[S+]([O-])C(F)(F)F. The van der Waals surface area contributed by atoms with Crippen molar-refractivity contribution in [1.29, 1.82) is 5.41 Å². The molecule has 0 fully saturated rings. The largest absolute Gasteiger partial charge is 0.604 e. The summed E-state index contributed by atoms with van der Waals surface area (Å²) in [6, 6.07) is 0. The van der Waals surface area contributed by atoms with Crippen LogP contribution in [0.4, 0.5) is 26.3 Å².